The number of carbonyl (C=O) groups is 2. The molecule has 30 heavy (non-hydrogen) atoms. The van der Waals surface area contributed by atoms with Crippen molar-refractivity contribution in [2.45, 2.75) is 71.3 Å². The van der Waals surface area contributed by atoms with E-state index in [0.29, 0.717) is 12.8 Å². The molecular weight excluding hydrogens is 413 g/mol. The zero-order valence-electron chi connectivity index (χ0n) is 19.4. The van der Waals surface area contributed by atoms with Crippen LogP contribution in [0.5, 0.6) is 0 Å². The summed E-state index contributed by atoms with van der Waals surface area (Å²) in [6, 6.07) is -1.01. The number of hydrogen-bond donors (Lipinski definition) is 1. The lowest BCUT2D eigenvalue weighted by Gasteiger charge is -2.50. The predicted octanol–water partition coefficient (Wildman–Crippen LogP) is 3.64. The molecule has 4 atom stereocenters. The number of likely N-dealkylation sites (tertiary alicyclic amines) is 1. The summed E-state index contributed by atoms with van der Waals surface area (Å²) in [5.41, 5.74) is -0.840. The molecule has 0 aromatic rings. The number of piperidine rings is 1. The number of amides is 1. The molecule has 0 bridgehead atoms. The monoisotopic (exact) mass is 451 g/mol. The van der Waals surface area contributed by atoms with Crippen molar-refractivity contribution in [2.75, 3.05) is 27.9 Å². The molecule has 176 valence electrons. The van der Waals surface area contributed by atoms with Gasteiger partial charge in [0.25, 0.3) is 0 Å². The van der Waals surface area contributed by atoms with Crippen molar-refractivity contribution >= 4 is 19.7 Å². The molecule has 0 aliphatic carbocycles. The molecule has 1 saturated heterocycles. The van der Waals surface area contributed by atoms with Crippen LogP contribution in [0.4, 0.5) is 4.79 Å². The van der Waals surface area contributed by atoms with E-state index in [0.717, 1.165) is 4.90 Å². The Morgan fingerprint density at radius 2 is 1.73 bits per heavy atom. The summed E-state index contributed by atoms with van der Waals surface area (Å²) >= 11 is 0. The number of ether oxygens (including phenoxy) is 2. The highest BCUT2D eigenvalue weighted by atomic mass is 31.2. The van der Waals surface area contributed by atoms with Crippen LogP contribution in [-0.4, -0.2) is 67.4 Å². The molecule has 10 heteroatoms. The highest BCUT2D eigenvalue weighted by molar-refractivity contribution is 7.54. The first-order chi connectivity index (χ1) is 13.8. The van der Waals surface area contributed by atoms with Crippen molar-refractivity contribution in [3.8, 4) is 0 Å². The van der Waals surface area contributed by atoms with Crippen molar-refractivity contribution in [1.82, 2.24) is 4.90 Å². The summed E-state index contributed by atoms with van der Waals surface area (Å²) in [5, 5.41) is 9.73. The standard InChI is InChI=1S/C20H38NO8P/c1-13(2)11-14-12-16(18(23)26-6)21(19(24)29-20(3,4)5)17(15(14)9-10-22)30(25,27-7)28-8/h13-17,22H,9-12H2,1-8H3/t14-,15+,16-,17+/m1/s1. The Bertz CT molecular complexity index is 625. The third-order valence-electron chi connectivity index (χ3n) is 5.28. The zero-order valence-corrected chi connectivity index (χ0v) is 20.3. The van der Waals surface area contributed by atoms with Gasteiger partial charge in [0.05, 0.1) is 7.11 Å². The van der Waals surface area contributed by atoms with Gasteiger partial charge in [0.2, 0.25) is 0 Å². The maximum Gasteiger partial charge on any atom is 0.411 e. The number of nitrogens with zero attached hydrogens (tertiary/aromatic N) is 1. The molecule has 9 nitrogen and oxygen atoms in total. The average molecular weight is 451 g/mol. The van der Waals surface area contributed by atoms with Crippen LogP contribution in [-0.2, 0) is 27.9 Å². The average Bonchev–Trinajstić information content (AvgIpc) is 2.65. The van der Waals surface area contributed by atoms with E-state index < -0.39 is 43.0 Å². The van der Waals surface area contributed by atoms with Crippen molar-refractivity contribution in [2.24, 2.45) is 17.8 Å². The van der Waals surface area contributed by atoms with Crippen LogP contribution < -0.4 is 0 Å². The first kappa shape index (κ1) is 26.9. The minimum atomic E-state index is -3.88. The number of aliphatic hydroxyl groups is 1. The van der Waals surface area contributed by atoms with Crippen molar-refractivity contribution in [1.29, 1.82) is 0 Å². The normalized spacial score (nSPS) is 25.3. The molecule has 1 fully saturated rings. The second-order valence-electron chi connectivity index (χ2n) is 9.05. The van der Waals surface area contributed by atoms with E-state index in [1.54, 1.807) is 20.8 Å². The summed E-state index contributed by atoms with van der Waals surface area (Å²) in [6.45, 7) is 9.03. The molecule has 1 rings (SSSR count). The topological polar surface area (TPSA) is 112 Å². The van der Waals surface area contributed by atoms with Gasteiger partial charge in [0, 0.05) is 20.8 Å². The van der Waals surface area contributed by atoms with Gasteiger partial charge in [-0.3, -0.25) is 9.46 Å². The van der Waals surface area contributed by atoms with Gasteiger partial charge in [-0.15, -0.1) is 0 Å². The number of hydrogen-bond acceptors (Lipinski definition) is 8. The second kappa shape index (κ2) is 10.9. The largest absolute Gasteiger partial charge is 0.467 e. The minimum absolute atomic E-state index is 0.108. The highest BCUT2D eigenvalue weighted by Gasteiger charge is 2.56. The third-order valence-corrected chi connectivity index (χ3v) is 7.58. The first-order valence-electron chi connectivity index (χ1n) is 10.3. The molecule has 1 heterocycles. The van der Waals surface area contributed by atoms with Gasteiger partial charge in [0.1, 0.15) is 17.4 Å². The van der Waals surface area contributed by atoms with Crippen molar-refractivity contribution < 1.29 is 37.8 Å². The Morgan fingerprint density at radius 3 is 2.13 bits per heavy atom. The molecule has 0 aromatic carbocycles. The smallest absolute Gasteiger partial charge is 0.411 e. The van der Waals surface area contributed by atoms with Gasteiger partial charge in [0.15, 0.2) is 0 Å². The van der Waals surface area contributed by atoms with Gasteiger partial charge < -0.3 is 23.6 Å². The summed E-state index contributed by atoms with van der Waals surface area (Å²) in [7, 11) is -0.150. The summed E-state index contributed by atoms with van der Waals surface area (Å²) in [5.74, 6) is -1.97. The summed E-state index contributed by atoms with van der Waals surface area (Å²) < 4.78 is 34.7. The Labute approximate surface area is 179 Å². The van der Waals surface area contributed by atoms with Crippen LogP contribution in [0.25, 0.3) is 0 Å². The molecule has 0 spiro atoms. The molecular formula is C20H38NO8P. The Morgan fingerprint density at radius 1 is 1.17 bits per heavy atom. The fraction of sp³-hybridized carbons (Fsp3) is 0.900. The molecule has 0 saturated carbocycles. The van der Waals surface area contributed by atoms with Crippen LogP contribution in [0.1, 0.15) is 53.9 Å². The van der Waals surface area contributed by atoms with Gasteiger partial charge in [-0.05, 0) is 57.8 Å². The fourth-order valence-corrected chi connectivity index (χ4v) is 6.20. The number of rotatable bonds is 8. The van der Waals surface area contributed by atoms with Crippen LogP contribution in [0.15, 0.2) is 0 Å². The first-order valence-corrected chi connectivity index (χ1v) is 11.9. The number of carbonyl (C=O) groups excluding carboxylic acids is 2. The van der Waals surface area contributed by atoms with Crippen molar-refractivity contribution in [3.05, 3.63) is 0 Å². The molecule has 1 N–H and O–H groups in total. The van der Waals surface area contributed by atoms with E-state index in [1.165, 1.54) is 21.3 Å². The minimum Gasteiger partial charge on any atom is -0.467 e. The van der Waals surface area contributed by atoms with E-state index >= 15 is 0 Å². The van der Waals surface area contributed by atoms with Crippen LogP contribution >= 0.6 is 7.60 Å². The maximum atomic E-state index is 13.6. The summed E-state index contributed by atoms with van der Waals surface area (Å²) in [6.07, 6.45) is 0.484. The molecule has 0 radical (unpaired) electrons. The van der Waals surface area contributed by atoms with Crippen LogP contribution in [0, 0.1) is 17.8 Å². The lowest BCUT2D eigenvalue weighted by atomic mass is 9.75. The highest BCUT2D eigenvalue weighted by Crippen LogP contribution is 2.60. The van der Waals surface area contributed by atoms with Gasteiger partial charge >= 0.3 is 19.7 Å². The van der Waals surface area contributed by atoms with E-state index in [-0.39, 0.29) is 24.9 Å². The molecule has 1 amide bonds. The zero-order chi connectivity index (χ0) is 23.3. The number of methoxy groups -OCH3 is 1. The third kappa shape index (κ3) is 6.42. The Hall–Kier alpha value is -1.15. The van der Waals surface area contributed by atoms with Crippen molar-refractivity contribution in [3.63, 3.8) is 0 Å². The molecule has 1 aliphatic heterocycles. The lowest BCUT2D eigenvalue weighted by molar-refractivity contribution is -0.151. The van der Waals surface area contributed by atoms with Crippen LogP contribution in [0.3, 0.4) is 0 Å². The van der Waals surface area contributed by atoms with E-state index in [9.17, 15) is 19.3 Å². The fourth-order valence-electron chi connectivity index (χ4n) is 4.19. The van der Waals surface area contributed by atoms with E-state index in [1.807, 2.05) is 13.8 Å². The van der Waals surface area contributed by atoms with E-state index in [2.05, 4.69) is 0 Å². The molecule has 1 aliphatic rings. The maximum absolute atomic E-state index is 13.6. The Balaban J connectivity index is 3.65. The summed E-state index contributed by atoms with van der Waals surface area (Å²) in [4.78, 5) is 27.1. The lowest BCUT2D eigenvalue weighted by Crippen LogP contribution is -2.60. The van der Waals surface area contributed by atoms with Crippen LogP contribution in [0.2, 0.25) is 0 Å². The van der Waals surface area contributed by atoms with Gasteiger partial charge in [-0.2, -0.15) is 0 Å². The SMILES string of the molecule is COC(=O)[C@H]1C[C@@H](CC(C)C)[C@H](CCO)[C@H](P(=O)(OC)OC)N1C(=O)OC(C)(C)C. The molecule has 0 unspecified atom stereocenters. The Kier molecular flexibility index (Phi) is 9.80. The van der Waals surface area contributed by atoms with Gasteiger partial charge in [-0.25, -0.2) is 9.59 Å². The predicted molar refractivity (Wildman–Crippen MR) is 112 cm³/mol. The number of esters is 1. The molecule has 0 aromatic heterocycles. The van der Waals surface area contributed by atoms with Gasteiger partial charge in [-0.1, -0.05) is 13.8 Å². The second-order valence-corrected chi connectivity index (χ2v) is 11.4. The number of aliphatic hydroxyl groups excluding tert-OH is 1. The van der Waals surface area contributed by atoms with E-state index in [4.69, 9.17) is 18.5 Å². The quantitative estimate of drug-likeness (QED) is 0.440.